The molecule has 0 aromatic carbocycles. The molecule has 0 saturated heterocycles. The molecule has 0 amide bonds. The van der Waals surface area contributed by atoms with Crippen molar-refractivity contribution in [3.63, 3.8) is 0 Å². The second-order valence-corrected chi connectivity index (χ2v) is 7.94. The molecule has 0 bridgehead atoms. The van der Waals surface area contributed by atoms with Crippen molar-refractivity contribution in [1.82, 2.24) is 10.2 Å². The lowest BCUT2D eigenvalue weighted by Crippen LogP contribution is -2.56. The first-order valence-corrected chi connectivity index (χ1v) is 9.33. The summed E-state index contributed by atoms with van der Waals surface area (Å²) in [5.41, 5.74) is 0. The molecule has 3 aliphatic carbocycles. The van der Waals surface area contributed by atoms with Crippen molar-refractivity contribution in [2.45, 2.75) is 82.8 Å². The fraction of sp³-hybridized carbons (Fsp3) is 0.944. The summed E-state index contributed by atoms with van der Waals surface area (Å²) in [5, 5.41) is 12.9. The van der Waals surface area contributed by atoms with Crippen LogP contribution in [0.5, 0.6) is 0 Å². The number of nitrogens with one attached hydrogen (secondary N) is 1. The number of carboxylic acid groups (broad SMARTS) is 1. The van der Waals surface area contributed by atoms with Crippen molar-refractivity contribution in [3.8, 4) is 0 Å². The summed E-state index contributed by atoms with van der Waals surface area (Å²) in [6.07, 6.45) is 11.9. The smallest absolute Gasteiger partial charge is 0.317 e. The van der Waals surface area contributed by atoms with Crippen LogP contribution in [0.25, 0.3) is 0 Å². The standard InChI is InChI=1S/C18H32N2O2/c1-13(15-5-3-2-4-6-15)19-16-9-17(10-16)20(12-18(21)22)11-14-7-8-14/h13-17,19H,2-12H2,1H3,(H,21,22). The lowest BCUT2D eigenvalue weighted by Gasteiger charge is -2.45. The average Bonchev–Trinajstić information content (AvgIpc) is 3.26. The Labute approximate surface area is 134 Å². The van der Waals surface area contributed by atoms with Gasteiger partial charge in [-0.05, 0) is 57.3 Å². The third-order valence-electron chi connectivity index (χ3n) is 6.01. The maximum atomic E-state index is 11.1. The van der Waals surface area contributed by atoms with Gasteiger partial charge in [-0.15, -0.1) is 0 Å². The lowest BCUT2D eigenvalue weighted by atomic mass is 9.81. The summed E-state index contributed by atoms with van der Waals surface area (Å²) in [5.74, 6) is 0.953. The Bertz CT molecular complexity index is 371. The first-order chi connectivity index (χ1) is 10.6. The monoisotopic (exact) mass is 308 g/mol. The van der Waals surface area contributed by atoms with E-state index >= 15 is 0 Å². The van der Waals surface area contributed by atoms with Crippen molar-refractivity contribution >= 4 is 5.97 Å². The summed E-state index contributed by atoms with van der Waals surface area (Å²) in [6.45, 7) is 3.58. The van der Waals surface area contributed by atoms with Gasteiger partial charge in [-0.2, -0.15) is 0 Å². The molecule has 0 heterocycles. The van der Waals surface area contributed by atoms with E-state index in [1.54, 1.807) is 0 Å². The summed E-state index contributed by atoms with van der Waals surface area (Å²) >= 11 is 0. The molecule has 0 aromatic rings. The minimum Gasteiger partial charge on any atom is -0.480 e. The van der Waals surface area contributed by atoms with Gasteiger partial charge in [0.05, 0.1) is 6.54 Å². The number of carboxylic acids is 1. The molecule has 126 valence electrons. The molecule has 0 aromatic heterocycles. The minimum atomic E-state index is -0.673. The van der Waals surface area contributed by atoms with Crippen molar-refractivity contribution < 1.29 is 9.90 Å². The molecule has 3 fully saturated rings. The molecule has 1 unspecified atom stereocenters. The molecule has 3 aliphatic rings. The van der Waals surface area contributed by atoms with Gasteiger partial charge in [-0.3, -0.25) is 9.69 Å². The van der Waals surface area contributed by atoms with E-state index in [-0.39, 0.29) is 6.54 Å². The molecule has 1 atom stereocenters. The zero-order valence-electron chi connectivity index (χ0n) is 14.0. The normalized spacial score (nSPS) is 31.0. The number of carbonyl (C=O) groups is 1. The van der Waals surface area contributed by atoms with Gasteiger partial charge in [-0.1, -0.05) is 19.3 Å². The Morgan fingerprint density at radius 1 is 1.18 bits per heavy atom. The maximum absolute atomic E-state index is 11.1. The molecule has 22 heavy (non-hydrogen) atoms. The molecule has 4 heteroatoms. The number of hydrogen-bond acceptors (Lipinski definition) is 3. The van der Waals surface area contributed by atoms with E-state index in [2.05, 4.69) is 17.1 Å². The number of rotatable bonds is 8. The molecule has 0 aliphatic heterocycles. The number of aliphatic carboxylic acids is 1. The summed E-state index contributed by atoms with van der Waals surface area (Å²) < 4.78 is 0. The molecular weight excluding hydrogens is 276 g/mol. The molecule has 0 spiro atoms. The molecule has 0 radical (unpaired) electrons. The van der Waals surface area contributed by atoms with Gasteiger partial charge in [0.2, 0.25) is 0 Å². The van der Waals surface area contributed by atoms with E-state index in [1.165, 1.54) is 44.9 Å². The van der Waals surface area contributed by atoms with Crippen LogP contribution in [0.2, 0.25) is 0 Å². The Hall–Kier alpha value is -0.610. The van der Waals surface area contributed by atoms with Crippen molar-refractivity contribution in [2.75, 3.05) is 13.1 Å². The lowest BCUT2D eigenvalue weighted by molar-refractivity contribution is -0.139. The van der Waals surface area contributed by atoms with Crippen molar-refractivity contribution in [2.24, 2.45) is 11.8 Å². The van der Waals surface area contributed by atoms with Crippen LogP contribution in [0.4, 0.5) is 0 Å². The summed E-state index contributed by atoms with van der Waals surface area (Å²) in [7, 11) is 0. The Kier molecular flexibility index (Phi) is 5.40. The van der Waals surface area contributed by atoms with E-state index < -0.39 is 5.97 Å². The maximum Gasteiger partial charge on any atom is 0.317 e. The van der Waals surface area contributed by atoms with Crippen molar-refractivity contribution in [3.05, 3.63) is 0 Å². The Balaban J connectivity index is 1.40. The van der Waals surface area contributed by atoms with Crippen LogP contribution < -0.4 is 5.32 Å². The fourth-order valence-electron chi connectivity index (χ4n) is 4.31. The Morgan fingerprint density at radius 3 is 2.45 bits per heavy atom. The SMILES string of the molecule is CC(NC1CC(N(CC(=O)O)CC2CC2)C1)C1CCCCC1. The molecule has 3 rings (SSSR count). The van der Waals surface area contributed by atoms with Gasteiger partial charge >= 0.3 is 5.97 Å². The number of nitrogens with zero attached hydrogens (tertiary/aromatic N) is 1. The molecule has 4 nitrogen and oxygen atoms in total. The van der Waals surface area contributed by atoms with Crippen LogP contribution in [0.1, 0.15) is 64.7 Å². The Morgan fingerprint density at radius 2 is 1.86 bits per heavy atom. The first-order valence-electron chi connectivity index (χ1n) is 9.33. The van der Waals surface area contributed by atoms with Crippen LogP contribution in [0.3, 0.4) is 0 Å². The van der Waals surface area contributed by atoms with Crippen LogP contribution >= 0.6 is 0 Å². The predicted molar refractivity (Wildman–Crippen MR) is 87.9 cm³/mol. The van der Waals surface area contributed by atoms with Gasteiger partial charge < -0.3 is 10.4 Å². The van der Waals surface area contributed by atoms with Crippen LogP contribution in [0, 0.1) is 11.8 Å². The summed E-state index contributed by atoms with van der Waals surface area (Å²) in [6, 6.07) is 1.73. The quantitative estimate of drug-likeness (QED) is 0.724. The largest absolute Gasteiger partial charge is 0.480 e. The van der Waals surface area contributed by atoms with Gasteiger partial charge in [0, 0.05) is 24.7 Å². The third-order valence-corrected chi connectivity index (χ3v) is 6.01. The van der Waals surface area contributed by atoms with Gasteiger partial charge in [0.25, 0.3) is 0 Å². The number of hydrogen-bond donors (Lipinski definition) is 2. The van der Waals surface area contributed by atoms with Gasteiger partial charge in [0.1, 0.15) is 0 Å². The molecular formula is C18H32N2O2. The highest BCUT2D eigenvalue weighted by molar-refractivity contribution is 5.69. The van der Waals surface area contributed by atoms with E-state index in [0.29, 0.717) is 18.1 Å². The van der Waals surface area contributed by atoms with Gasteiger partial charge in [-0.25, -0.2) is 0 Å². The second kappa shape index (κ2) is 7.31. The van der Waals surface area contributed by atoms with Crippen LogP contribution in [-0.4, -0.2) is 47.2 Å². The topological polar surface area (TPSA) is 52.6 Å². The molecule has 3 saturated carbocycles. The highest BCUT2D eigenvalue weighted by atomic mass is 16.4. The van der Waals surface area contributed by atoms with Crippen molar-refractivity contribution in [1.29, 1.82) is 0 Å². The van der Waals surface area contributed by atoms with Gasteiger partial charge in [0.15, 0.2) is 0 Å². The first kappa shape index (κ1) is 16.3. The van der Waals surface area contributed by atoms with E-state index in [9.17, 15) is 4.79 Å². The third kappa shape index (κ3) is 4.45. The zero-order valence-corrected chi connectivity index (χ0v) is 14.0. The predicted octanol–water partition coefficient (Wildman–Crippen LogP) is 2.87. The summed E-state index contributed by atoms with van der Waals surface area (Å²) in [4.78, 5) is 13.3. The fourth-order valence-corrected chi connectivity index (χ4v) is 4.31. The van der Waals surface area contributed by atoms with Crippen LogP contribution in [-0.2, 0) is 4.79 Å². The zero-order chi connectivity index (χ0) is 15.5. The van der Waals surface area contributed by atoms with E-state index in [1.807, 2.05) is 0 Å². The average molecular weight is 308 g/mol. The minimum absolute atomic E-state index is 0.228. The highest BCUT2D eigenvalue weighted by Crippen LogP contribution is 2.34. The van der Waals surface area contributed by atoms with E-state index in [0.717, 1.165) is 31.2 Å². The highest BCUT2D eigenvalue weighted by Gasteiger charge is 2.38. The van der Waals surface area contributed by atoms with E-state index in [4.69, 9.17) is 5.11 Å². The van der Waals surface area contributed by atoms with Crippen LogP contribution in [0.15, 0.2) is 0 Å². The second-order valence-electron chi connectivity index (χ2n) is 7.94. The molecule has 2 N–H and O–H groups in total.